The van der Waals surface area contributed by atoms with Gasteiger partial charge in [0.2, 0.25) is 0 Å². The minimum absolute atomic E-state index is 0.466. The highest BCUT2D eigenvalue weighted by Crippen LogP contribution is 2.38. The third kappa shape index (κ3) is 1.31. The van der Waals surface area contributed by atoms with Gasteiger partial charge in [0.25, 0.3) is 0 Å². The molecule has 0 amide bonds. The molecule has 0 aliphatic heterocycles. The SMILES string of the molecule is C=C(C)OC1(C=O)CC1. The summed E-state index contributed by atoms with van der Waals surface area (Å²) in [5, 5.41) is 0. The first-order valence-corrected chi connectivity index (χ1v) is 2.99. The maximum absolute atomic E-state index is 10.3. The molecule has 1 saturated carbocycles. The van der Waals surface area contributed by atoms with E-state index in [2.05, 4.69) is 6.58 Å². The Kier molecular flexibility index (Phi) is 1.31. The van der Waals surface area contributed by atoms with Crippen LogP contribution in [0.3, 0.4) is 0 Å². The molecule has 0 aromatic heterocycles. The zero-order chi connectivity index (χ0) is 6.91. The van der Waals surface area contributed by atoms with Crippen LogP contribution in [0, 0.1) is 0 Å². The molecule has 1 aliphatic carbocycles. The smallest absolute Gasteiger partial charge is 0.163 e. The highest BCUT2D eigenvalue weighted by Gasteiger charge is 2.45. The van der Waals surface area contributed by atoms with Gasteiger partial charge >= 0.3 is 0 Å². The average molecular weight is 126 g/mol. The quantitative estimate of drug-likeness (QED) is 0.420. The molecule has 0 aromatic carbocycles. The fraction of sp³-hybridized carbons (Fsp3) is 0.571. The summed E-state index contributed by atoms with van der Waals surface area (Å²) in [5.41, 5.74) is -0.466. The highest BCUT2D eigenvalue weighted by molar-refractivity contribution is 5.67. The summed E-state index contributed by atoms with van der Waals surface area (Å²) in [4.78, 5) is 10.3. The monoisotopic (exact) mass is 126 g/mol. The van der Waals surface area contributed by atoms with Crippen molar-refractivity contribution in [1.82, 2.24) is 0 Å². The molecule has 2 nitrogen and oxygen atoms in total. The minimum atomic E-state index is -0.466. The standard InChI is InChI=1S/C7H10O2/c1-6(2)9-7(5-8)3-4-7/h5H,1,3-4H2,2H3. The zero-order valence-corrected chi connectivity index (χ0v) is 5.52. The fourth-order valence-corrected chi connectivity index (χ4v) is 0.714. The third-order valence-electron chi connectivity index (χ3n) is 1.34. The van der Waals surface area contributed by atoms with Gasteiger partial charge in [-0.3, -0.25) is 4.79 Å². The van der Waals surface area contributed by atoms with Crippen molar-refractivity contribution in [3.05, 3.63) is 12.3 Å². The van der Waals surface area contributed by atoms with Crippen LogP contribution in [0.15, 0.2) is 12.3 Å². The van der Waals surface area contributed by atoms with E-state index < -0.39 is 5.60 Å². The van der Waals surface area contributed by atoms with Gasteiger partial charge in [-0.1, -0.05) is 6.58 Å². The summed E-state index contributed by atoms with van der Waals surface area (Å²) in [6.45, 7) is 5.30. The second-order valence-corrected chi connectivity index (χ2v) is 2.49. The molecule has 1 fully saturated rings. The van der Waals surface area contributed by atoms with Gasteiger partial charge in [-0.25, -0.2) is 0 Å². The summed E-state index contributed by atoms with van der Waals surface area (Å²) in [5.74, 6) is 0.625. The average Bonchev–Trinajstić information content (AvgIpc) is 2.48. The molecule has 50 valence electrons. The number of ether oxygens (including phenoxy) is 1. The second kappa shape index (κ2) is 1.87. The van der Waals surface area contributed by atoms with E-state index in [9.17, 15) is 4.79 Å². The first-order valence-electron chi connectivity index (χ1n) is 2.99. The van der Waals surface area contributed by atoms with Gasteiger partial charge in [-0.05, 0) is 19.8 Å². The summed E-state index contributed by atoms with van der Waals surface area (Å²) < 4.78 is 5.14. The summed E-state index contributed by atoms with van der Waals surface area (Å²) in [7, 11) is 0. The third-order valence-corrected chi connectivity index (χ3v) is 1.34. The Morgan fingerprint density at radius 2 is 2.33 bits per heavy atom. The van der Waals surface area contributed by atoms with Crippen molar-refractivity contribution in [2.45, 2.75) is 25.4 Å². The number of hydrogen-bond donors (Lipinski definition) is 0. The van der Waals surface area contributed by atoms with Gasteiger partial charge in [0, 0.05) is 0 Å². The summed E-state index contributed by atoms with van der Waals surface area (Å²) >= 11 is 0. The molecule has 0 heterocycles. The maximum atomic E-state index is 10.3. The van der Waals surface area contributed by atoms with Gasteiger partial charge in [0.1, 0.15) is 0 Å². The van der Waals surface area contributed by atoms with Crippen molar-refractivity contribution in [2.24, 2.45) is 0 Å². The van der Waals surface area contributed by atoms with E-state index in [4.69, 9.17) is 4.74 Å². The molecule has 9 heavy (non-hydrogen) atoms. The predicted molar refractivity (Wildman–Crippen MR) is 33.9 cm³/mol. The molecule has 2 heteroatoms. The highest BCUT2D eigenvalue weighted by atomic mass is 16.5. The lowest BCUT2D eigenvalue weighted by Gasteiger charge is -2.09. The molecular weight excluding hydrogens is 116 g/mol. The van der Waals surface area contributed by atoms with Crippen LogP contribution >= 0.6 is 0 Å². The number of carbonyl (C=O) groups excluding carboxylic acids is 1. The molecule has 0 N–H and O–H groups in total. The van der Waals surface area contributed by atoms with Crippen molar-refractivity contribution in [1.29, 1.82) is 0 Å². The van der Waals surface area contributed by atoms with Crippen LogP contribution in [0.1, 0.15) is 19.8 Å². The molecule has 0 bridgehead atoms. The zero-order valence-electron chi connectivity index (χ0n) is 5.52. The van der Waals surface area contributed by atoms with E-state index in [1.807, 2.05) is 0 Å². The topological polar surface area (TPSA) is 26.3 Å². The van der Waals surface area contributed by atoms with Crippen molar-refractivity contribution < 1.29 is 9.53 Å². The molecule has 0 spiro atoms. The number of allylic oxidation sites excluding steroid dienone is 1. The number of rotatable bonds is 3. The van der Waals surface area contributed by atoms with Crippen LogP contribution < -0.4 is 0 Å². The molecule has 1 rings (SSSR count). The van der Waals surface area contributed by atoms with Crippen LogP contribution in [0.4, 0.5) is 0 Å². The maximum Gasteiger partial charge on any atom is 0.163 e. The Labute approximate surface area is 54.5 Å². The minimum Gasteiger partial charge on any atom is -0.485 e. The number of aldehydes is 1. The molecule has 1 aliphatic rings. The molecule has 0 unspecified atom stereocenters. The van der Waals surface area contributed by atoms with Gasteiger partial charge in [0.05, 0.1) is 5.76 Å². The lowest BCUT2D eigenvalue weighted by molar-refractivity contribution is -0.117. The van der Waals surface area contributed by atoms with Crippen LogP contribution in [0.5, 0.6) is 0 Å². The second-order valence-electron chi connectivity index (χ2n) is 2.49. The van der Waals surface area contributed by atoms with Crippen molar-refractivity contribution in [3.63, 3.8) is 0 Å². The van der Waals surface area contributed by atoms with Crippen LogP contribution in [0.25, 0.3) is 0 Å². The summed E-state index contributed by atoms with van der Waals surface area (Å²) in [6, 6.07) is 0. The Morgan fingerprint density at radius 3 is 2.44 bits per heavy atom. The molecule has 0 atom stereocenters. The molecule has 0 saturated heterocycles. The van der Waals surface area contributed by atoms with Crippen molar-refractivity contribution >= 4 is 6.29 Å². The number of carbonyl (C=O) groups is 1. The lowest BCUT2D eigenvalue weighted by atomic mass is 10.4. The first kappa shape index (κ1) is 6.33. The molecule has 0 aromatic rings. The van der Waals surface area contributed by atoms with Crippen LogP contribution in [-0.2, 0) is 9.53 Å². The Bertz CT molecular complexity index is 145. The lowest BCUT2D eigenvalue weighted by Crippen LogP contribution is -2.13. The van der Waals surface area contributed by atoms with Gasteiger partial charge in [-0.2, -0.15) is 0 Å². The van der Waals surface area contributed by atoms with Gasteiger partial charge in [-0.15, -0.1) is 0 Å². The Balaban J connectivity index is 2.42. The van der Waals surface area contributed by atoms with Crippen LogP contribution in [-0.4, -0.2) is 11.9 Å². The van der Waals surface area contributed by atoms with E-state index in [-0.39, 0.29) is 0 Å². The van der Waals surface area contributed by atoms with E-state index in [0.717, 1.165) is 19.1 Å². The fourth-order valence-electron chi connectivity index (χ4n) is 0.714. The van der Waals surface area contributed by atoms with E-state index in [1.54, 1.807) is 6.92 Å². The van der Waals surface area contributed by atoms with E-state index in [1.165, 1.54) is 0 Å². The summed E-state index contributed by atoms with van der Waals surface area (Å²) in [6.07, 6.45) is 2.56. The van der Waals surface area contributed by atoms with Crippen LogP contribution in [0.2, 0.25) is 0 Å². The van der Waals surface area contributed by atoms with Gasteiger partial charge < -0.3 is 4.74 Å². The predicted octanol–water partition coefficient (Wildman–Crippen LogP) is 1.27. The van der Waals surface area contributed by atoms with Crippen molar-refractivity contribution in [2.75, 3.05) is 0 Å². The van der Waals surface area contributed by atoms with Gasteiger partial charge in [0.15, 0.2) is 11.9 Å². The molecular formula is C7H10O2. The van der Waals surface area contributed by atoms with E-state index >= 15 is 0 Å². The molecule has 0 radical (unpaired) electrons. The van der Waals surface area contributed by atoms with Crippen molar-refractivity contribution in [3.8, 4) is 0 Å². The first-order chi connectivity index (χ1) is 4.18. The Morgan fingerprint density at radius 1 is 1.78 bits per heavy atom. The largest absolute Gasteiger partial charge is 0.485 e. The Hall–Kier alpha value is -0.790. The normalized spacial score (nSPS) is 20.6. The van der Waals surface area contributed by atoms with E-state index in [0.29, 0.717) is 5.76 Å². The number of hydrogen-bond acceptors (Lipinski definition) is 2.